The molecule has 0 saturated heterocycles. The maximum absolute atomic E-state index is 9.48. The van der Waals surface area contributed by atoms with E-state index < -0.39 is 14.4 Å². The summed E-state index contributed by atoms with van der Waals surface area (Å²) in [5, 5.41) is 9.73. The monoisotopic (exact) mass is 240 g/mol. The smallest absolute Gasteiger partial charge is 0.191 e. The van der Waals surface area contributed by atoms with E-state index >= 15 is 0 Å². The van der Waals surface area contributed by atoms with Crippen molar-refractivity contribution in [2.75, 3.05) is 6.61 Å². The molecule has 0 bridgehead atoms. The van der Waals surface area contributed by atoms with Crippen LogP contribution in [0.15, 0.2) is 0 Å². The van der Waals surface area contributed by atoms with Gasteiger partial charge in [0.15, 0.2) is 8.32 Å². The van der Waals surface area contributed by atoms with E-state index in [4.69, 9.17) is 10.8 Å². The summed E-state index contributed by atoms with van der Waals surface area (Å²) in [6, 6.07) is 0. The highest BCUT2D eigenvalue weighted by molar-refractivity contribution is 6.74. The first-order valence-corrected chi connectivity index (χ1v) is 8.88. The lowest BCUT2D eigenvalue weighted by atomic mass is 10.2. The molecular formula is C13H24O2Si. The summed E-state index contributed by atoms with van der Waals surface area (Å²) >= 11 is 0. The molecule has 1 rings (SSSR count). The normalized spacial score (nSPS) is 27.3. The van der Waals surface area contributed by atoms with Gasteiger partial charge in [0.2, 0.25) is 0 Å². The molecule has 0 aliphatic heterocycles. The second kappa shape index (κ2) is 4.52. The lowest BCUT2D eigenvalue weighted by molar-refractivity contribution is 0.187. The number of aliphatic hydroxyl groups is 1. The van der Waals surface area contributed by atoms with Gasteiger partial charge in [0, 0.05) is 12.5 Å². The molecule has 0 heterocycles. The number of hydrogen-bond acceptors (Lipinski definition) is 2. The molecule has 92 valence electrons. The van der Waals surface area contributed by atoms with Gasteiger partial charge < -0.3 is 9.53 Å². The molecule has 1 N–H and O–H groups in total. The summed E-state index contributed by atoms with van der Waals surface area (Å²) in [6.45, 7) is 12.0. The molecule has 1 saturated carbocycles. The zero-order chi connectivity index (χ0) is 12.6. The Hall–Kier alpha value is -0.303. The summed E-state index contributed by atoms with van der Waals surface area (Å²) in [5.74, 6) is 3.14. The summed E-state index contributed by atoms with van der Waals surface area (Å²) in [6.07, 6.45) is 5.63. The zero-order valence-electron chi connectivity index (χ0n) is 11.1. The highest BCUT2D eigenvalue weighted by Crippen LogP contribution is 2.43. The van der Waals surface area contributed by atoms with Crippen LogP contribution in [0.4, 0.5) is 0 Å². The molecule has 3 heteroatoms. The highest BCUT2D eigenvalue weighted by atomic mass is 28.4. The third-order valence-corrected chi connectivity index (χ3v) is 8.52. The van der Waals surface area contributed by atoms with E-state index in [2.05, 4.69) is 39.8 Å². The van der Waals surface area contributed by atoms with E-state index in [0.717, 1.165) is 13.0 Å². The second-order valence-corrected chi connectivity index (χ2v) is 11.2. The van der Waals surface area contributed by atoms with Gasteiger partial charge in [0.1, 0.15) is 6.10 Å². The van der Waals surface area contributed by atoms with Crippen molar-refractivity contribution in [1.29, 1.82) is 0 Å². The first-order chi connectivity index (χ1) is 7.19. The van der Waals surface area contributed by atoms with Crippen LogP contribution in [0.3, 0.4) is 0 Å². The maximum Gasteiger partial charge on any atom is 0.191 e. The minimum atomic E-state index is -1.64. The van der Waals surface area contributed by atoms with Crippen LogP contribution < -0.4 is 0 Å². The topological polar surface area (TPSA) is 29.5 Å². The van der Waals surface area contributed by atoms with Gasteiger partial charge >= 0.3 is 0 Å². The zero-order valence-corrected chi connectivity index (χ0v) is 12.1. The minimum absolute atomic E-state index is 0.252. The van der Waals surface area contributed by atoms with Gasteiger partial charge in [0.05, 0.1) is 0 Å². The number of hydrogen-bond donors (Lipinski definition) is 1. The van der Waals surface area contributed by atoms with Gasteiger partial charge in [-0.1, -0.05) is 26.7 Å². The lowest BCUT2D eigenvalue weighted by Crippen LogP contribution is -2.41. The van der Waals surface area contributed by atoms with Gasteiger partial charge in [-0.05, 0) is 30.5 Å². The van der Waals surface area contributed by atoms with E-state index in [1.165, 1.54) is 0 Å². The molecule has 0 aromatic heterocycles. The van der Waals surface area contributed by atoms with Gasteiger partial charge in [-0.3, -0.25) is 0 Å². The van der Waals surface area contributed by atoms with Crippen molar-refractivity contribution in [2.24, 2.45) is 11.8 Å². The molecule has 3 atom stereocenters. The molecule has 0 amide bonds. The Morgan fingerprint density at radius 1 is 1.50 bits per heavy atom. The fraction of sp³-hybridized carbons (Fsp3) is 0.846. The Morgan fingerprint density at radius 2 is 2.06 bits per heavy atom. The molecule has 1 aliphatic rings. The third-order valence-electron chi connectivity index (χ3n) is 4.02. The average Bonchev–Trinajstić information content (AvgIpc) is 2.91. The van der Waals surface area contributed by atoms with Crippen LogP contribution in [-0.2, 0) is 4.43 Å². The molecule has 2 nitrogen and oxygen atoms in total. The molecule has 0 aromatic rings. The van der Waals surface area contributed by atoms with Gasteiger partial charge in [-0.2, -0.15) is 0 Å². The summed E-state index contributed by atoms with van der Waals surface area (Å²) in [5.41, 5.74) is 0. The van der Waals surface area contributed by atoms with Crippen LogP contribution >= 0.6 is 0 Å². The number of terminal acetylenes is 1. The van der Waals surface area contributed by atoms with Crippen LogP contribution in [0, 0.1) is 24.2 Å². The van der Waals surface area contributed by atoms with Crippen LogP contribution in [-0.4, -0.2) is 26.1 Å². The first-order valence-electron chi connectivity index (χ1n) is 5.97. The van der Waals surface area contributed by atoms with Crippen LogP contribution in [0.2, 0.25) is 18.1 Å². The molecular weight excluding hydrogens is 216 g/mol. The Kier molecular flexibility index (Phi) is 3.89. The van der Waals surface area contributed by atoms with Gasteiger partial charge in [-0.25, -0.2) is 0 Å². The highest BCUT2D eigenvalue weighted by Gasteiger charge is 2.44. The van der Waals surface area contributed by atoms with Crippen molar-refractivity contribution in [2.45, 2.75) is 51.4 Å². The fourth-order valence-corrected chi connectivity index (χ4v) is 2.57. The molecule has 1 aliphatic carbocycles. The summed E-state index contributed by atoms with van der Waals surface area (Å²) in [4.78, 5) is 0. The van der Waals surface area contributed by atoms with Crippen molar-refractivity contribution in [1.82, 2.24) is 0 Å². The summed E-state index contributed by atoms with van der Waals surface area (Å²) in [7, 11) is -1.64. The van der Waals surface area contributed by atoms with Crippen molar-refractivity contribution in [3.63, 3.8) is 0 Å². The van der Waals surface area contributed by atoms with Crippen molar-refractivity contribution in [3.05, 3.63) is 0 Å². The van der Waals surface area contributed by atoms with Gasteiger partial charge in [0.25, 0.3) is 0 Å². The fourth-order valence-electron chi connectivity index (χ4n) is 1.50. The van der Waals surface area contributed by atoms with E-state index in [1.807, 2.05) is 0 Å². The van der Waals surface area contributed by atoms with E-state index in [-0.39, 0.29) is 11.0 Å². The Labute approximate surface area is 101 Å². The predicted octanol–water partition coefficient (Wildman–Crippen LogP) is 2.64. The van der Waals surface area contributed by atoms with E-state index in [1.54, 1.807) is 0 Å². The number of aliphatic hydroxyl groups excluding tert-OH is 1. The molecule has 0 radical (unpaired) electrons. The quantitative estimate of drug-likeness (QED) is 0.605. The lowest BCUT2D eigenvalue weighted by Gasteiger charge is -2.36. The van der Waals surface area contributed by atoms with Crippen LogP contribution in [0.5, 0.6) is 0 Å². The molecule has 1 fully saturated rings. The van der Waals surface area contributed by atoms with E-state index in [0.29, 0.717) is 5.92 Å². The first kappa shape index (κ1) is 13.8. The molecule has 3 unspecified atom stereocenters. The molecule has 16 heavy (non-hydrogen) atoms. The van der Waals surface area contributed by atoms with Crippen LogP contribution in [0.1, 0.15) is 27.2 Å². The summed E-state index contributed by atoms with van der Waals surface area (Å²) < 4.78 is 6.10. The average molecular weight is 240 g/mol. The predicted molar refractivity (Wildman–Crippen MR) is 69.6 cm³/mol. The Morgan fingerprint density at radius 3 is 2.50 bits per heavy atom. The van der Waals surface area contributed by atoms with E-state index in [9.17, 15) is 5.11 Å². The van der Waals surface area contributed by atoms with Crippen LogP contribution in [0.25, 0.3) is 0 Å². The molecule has 0 spiro atoms. The largest absolute Gasteiger partial charge is 0.417 e. The second-order valence-electron chi connectivity index (χ2n) is 6.34. The Balaban J connectivity index is 2.36. The van der Waals surface area contributed by atoms with Gasteiger partial charge in [-0.15, -0.1) is 6.42 Å². The number of rotatable bonds is 4. The molecule has 0 aromatic carbocycles. The minimum Gasteiger partial charge on any atom is -0.417 e. The maximum atomic E-state index is 9.48. The van der Waals surface area contributed by atoms with Crippen molar-refractivity contribution >= 4 is 8.32 Å². The van der Waals surface area contributed by atoms with Crippen molar-refractivity contribution < 1.29 is 9.53 Å². The third kappa shape index (κ3) is 3.10. The van der Waals surface area contributed by atoms with Crippen molar-refractivity contribution in [3.8, 4) is 12.3 Å². The SMILES string of the molecule is C#CC(O)C1CC1CO[Si](C)(C)C(C)(C)C. The standard InChI is InChI=1S/C13H24O2Si/c1-7-12(14)11-8-10(11)9-15-16(5,6)13(2,3)4/h1,10-12,14H,8-9H2,2-6H3. The Bertz CT molecular complexity index is 285.